The number of nitrogens with one attached hydrogen (secondary N) is 2. The van der Waals surface area contributed by atoms with Gasteiger partial charge in [0.1, 0.15) is 0 Å². The molecule has 1 fully saturated rings. The molecule has 0 bridgehead atoms. The molecule has 2 N–H and O–H groups in total. The predicted octanol–water partition coefficient (Wildman–Crippen LogP) is 4.58. The molecule has 1 aromatic carbocycles. The highest BCUT2D eigenvalue weighted by Crippen LogP contribution is 2.32. The number of hydrogen-bond acceptors (Lipinski definition) is 2. The van der Waals surface area contributed by atoms with Crippen molar-refractivity contribution in [3.8, 4) is 0 Å². The van der Waals surface area contributed by atoms with Crippen molar-refractivity contribution in [2.45, 2.75) is 59.4 Å². The highest BCUT2D eigenvalue weighted by molar-refractivity contribution is 5.91. The highest BCUT2D eigenvalue weighted by atomic mass is 16.1. The Balaban J connectivity index is 2.08. The van der Waals surface area contributed by atoms with Gasteiger partial charge in [0.05, 0.1) is 0 Å². The predicted molar refractivity (Wildman–Crippen MR) is 89.7 cm³/mol. The van der Waals surface area contributed by atoms with Gasteiger partial charge in [-0.15, -0.1) is 0 Å². The fourth-order valence-corrected chi connectivity index (χ4v) is 3.18. The van der Waals surface area contributed by atoms with Gasteiger partial charge >= 0.3 is 0 Å². The smallest absolute Gasteiger partial charge is 0.224 e. The van der Waals surface area contributed by atoms with Crippen LogP contribution in [0.25, 0.3) is 0 Å². The minimum atomic E-state index is 0.0599. The molecule has 3 unspecified atom stereocenters. The molecule has 1 aliphatic rings. The summed E-state index contributed by atoms with van der Waals surface area (Å²) in [5.74, 6) is 1.60. The molecule has 3 nitrogen and oxygen atoms in total. The van der Waals surface area contributed by atoms with Crippen LogP contribution in [-0.2, 0) is 4.79 Å². The van der Waals surface area contributed by atoms with Crippen LogP contribution in [-0.4, -0.2) is 11.9 Å². The molecule has 0 saturated heterocycles. The second kappa shape index (κ2) is 6.97. The first-order valence-corrected chi connectivity index (χ1v) is 8.16. The average Bonchev–Trinajstić information content (AvgIpc) is 2.45. The highest BCUT2D eigenvalue weighted by Gasteiger charge is 2.25. The molecule has 116 valence electrons. The Morgan fingerprint density at radius 2 is 2.05 bits per heavy atom. The molecule has 2 rings (SSSR count). The number of aryl methyl sites for hydroxylation is 1. The number of benzene rings is 1. The van der Waals surface area contributed by atoms with Gasteiger partial charge in [-0.05, 0) is 55.7 Å². The van der Waals surface area contributed by atoms with Crippen LogP contribution in [0.3, 0.4) is 0 Å². The normalized spacial score (nSPS) is 25.4. The van der Waals surface area contributed by atoms with Gasteiger partial charge in [0, 0.05) is 23.8 Å². The van der Waals surface area contributed by atoms with Crippen molar-refractivity contribution in [1.29, 1.82) is 0 Å². The summed E-state index contributed by atoms with van der Waals surface area (Å²) >= 11 is 0. The Hall–Kier alpha value is -1.51. The number of anilines is 2. The Bertz CT molecular complexity index is 498. The van der Waals surface area contributed by atoms with E-state index in [4.69, 9.17) is 0 Å². The molecule has 1 aliphatic carbocycles. The third-order valence-corrected chi connectivity index (χ3v) is 4.61. The van der Waals surface area contributed by atoms with Crippen molar-refractivity contribution in [2.24, 2.45) is 11.8 Å². The minimum Gasteiger partial charge on any atom is -0.382 e. The summed E-state index contributed by atoms with van der Waals surface area (Å²) in [6.45, 7) is 8.67. The molecule has 0 aliphatic heterocycles. The number of amides is 1. The molecule has 0 aromatic heterocycles. The van der Waals surface area contributed by atoms with Crippen LogP contribution >= 0.6 is 0 Å². The molecule has 0 radical (unpaired) electrons. The zero-order valence-electron chi connectivity index (χ0n) is 13.7. The van der Waals surface area contributed by atoms with Crippen LogP contribution in [0.4, 0.5) is 11.4 Å². The Morgan fingerprint density at radius 1 is 1.29 bits per heavy atom. The molecular weight excluding hydrogens is 260 g/mol. The zero-order valence-corrected chi connectivity index (χ0v) is 13.7. The summed E-state index contributed by atoms with van der Waals surface area (Å²) in [7, 11) is 0. The molecule has 1 saturated carbocycles. The van der Waals surface area contributed by atoms with Crippen molar-refractivity contribution >= 4 is 17.3 Å². The van der Waals surface area contributed by atoms with Gasteiger partial charge < -0.3 is 10.6 Å². The van der Waals surface area contributed by atoms with E-state index in [1.807, 2.05) is 13.0 Å². The van der Waals surface area contributed by atoms with Crippen LogP contribution < -0.4 is 10.6 Å². The number of hydrogen-bond donors (Lipinski definition) is 2. The first-order chi connectivity index (χ1) is 9.99. The minimum absolute atomic E-state index is 0.0599. The van der Waals surface area contributed by atoms with Crippen LogP contribution in [0.5, 0.6) is 0 Å². The van der Waals surface area contributed by atoms with Crippen LogP contribution in [0.1, 0.15) is 52.0 Å². The van der Waals surface area contributed by atoms with Crippen molar-refractivity contribution < 1.29 is 4.79 Å². The monoisotopic (exact) mass is 288 g/mol. The van der Waals surface area contributed by atoms with E-state index < -0.39 is 0 Å². The third-order valence-electron chi connectivity index (χ3n) is 4.61. The second-order valence-corrected chi connectivity index (χ2v) is 6.58. The van der Waals surface area contributed by atoms with E-state index in [9.17, 15) is 4.79 Å². The molecule has 3 atom stereocenters. The van der Waals surface area contributed by atoms with Gasteiger partial charge in [0.15, 0.2) is 0 Å². The Morgan fingerprint density at radius 3 is 2.71 bits per heavy atom. The fraction of sp³-hybridized carbons (Fsp3) is 0.611. The van der Waals surface area contributed by atoms with E-state index in [0.717, 1.165) is 17.3 Å². The van der Waals surface area contributed by atoms with Crippen LogP contribution in [0.15, 0.2) is 18.2 Å². The molecule has 21 heavy (non-hydrogen) atoms. The summed E-state index contributed by atoms with van der Waals surface area (Å²) in [6, 6.07) is 6.65. The standard InChI is InChI=1S/C18H28N2O/c1-5-18(21)19-15-8-7-13(3)17(11-15)20-16-9-6-12(2)10-14(16)4/h7-8,11-12,14,16,20H,5-6,9-10H2,1-4H3,(H,19,21). The first kappa shape index (κ1) is 15.9. The lowest BCUT2D eigenvalue weighted by molar-refractivity contribution is -0.115. The molecule has 3 heteroatoms. The number of rotatable bonds is 4. The lowest BCUT2D eigenvalue weighted by Gasteiger charge is -2.34. The summed E-state index contributed by atoms with van der Waals surface area (Å²) in [5, 5.41) is 6.64. The molecule has 0 heterocycles. The topological polar surface area (TPSA) is 41.1 Å². The lowest BCUT2D eigenvalue weighted by Crippen LogP contribution is -2.33. The Kier molecular flexibility index (Phi) is 5.27. The fourth-order valence-electron chi connectivity index (χ4n) is 3.18. The first-order valence-electron chi connectivity index (χ1n) is 8.16. The average molecular weight is 288 g/mol. The summed E-state index contributed by atoms with van der Waals surface area (Å²) in [6.07, 6.45) is 4.33. The van der Waals surface area contributed by atoms with E-state index >= 15 is 0 Å². The van der Waals surface area contributed by atoms with E-state index in [-0.39, 0.29) is 5.91 Å². The lowest BCUT2D eigenvalue weighted by atomic mass is 9.80. The summed E-state index contributed by atoms with van der Waals surface area (Å²) in [4.78, 5) is 11.5. The van der Waals surface area contributed by atoms with Crippen LogP contribution in [0, 0.1) is 18.8 Å². The van der Waals surface area contributed by atoms with E-state index in [0.29, 0.717) is 18.4 Å². The van der Waals surface area contributed by atoms with Gasteiger partial charge in [-0.2, -0.15) is 0 Å². The molecule has 1 amide bonds. The van der Waals surface area contributed by atoms with Gasteiger partial charge in [-0.1, -0.05) is 26.8 Å². The van der Waals surface area contributed by atoms with Crippen molar-refractivity contribution in [2.75, 3.05) is 10.6 Å². The zero-order chi connectivity index (χ0) is 15.4. The largest absolute Gasteiger partial charge is 0.382 e. The Labute approximate surface area is 128 Å². The molecular formula is C18H28N2O. The van der Waals surface area contributed by atoms with Crippen molar-refractivity contribution in [1.82, 2.24) is 0 Å². The maximum Gasteiger partial charge on any atom is 0.224 e. The maximum absolute atomic E-state index is 11.5. The van der Waals surface area contributed by atoms with Gasteiger partial charge in [-0.25, -0.2) is 0 Å². The van der Waals surface area contributed by atoms with Gasteiger partial charge in [0.2, 0.25) is 5.91 Å². The molecule has 0 spiro atoms. The van der Waals surface area contributed by atoms with Gasteiger partial charge in [-0.3, -0.25) is 4.79 Å². The van der Waals surface area contributed by atoms with Crippen molar-refractivity contribution in [3.63, 3.8) is 0 Å². The van der Waals surface area contributed by atoms with Crippen molar-refractivity contribution in [3.05, 3.63) is 23.8 Å². The van der Waals surface area contributed by atoms with Gasteiger partial charge in [0.25, 0.3) is 0 Å². The quantitative estimate of drug-likeness (QED) is 0.851. The van der Waals surface area contributed by atoms with Crippen LogP contribution in [0.2, 0.25) is 0 Å². The van der Waals surface area contributed by atoms with E-state index in [1.54, 1.807) is 0 Å². The maximum atomic E-state index is 11.5. The number of carbonyl (C=O) groups is 1. The summed E-state index contributed by atoms with van der Waals surface area (Å²) in [5.41, 5.74) is 3.26. The van der Waals surface area contributed by atoms with E-state index in [2.05, 4.69) is 43.5 Å². The SMILES string of the molecule is CCC(=O)Nc1ccc(C)c(NC2CCC(C)CC2C)c1. The number of carbonyl (C=O) groups excluding carboxylic acids is 1. The third kappa shape index (κ3) is 4.23. The second-order valence-electron chi connectivity index (χ2n) is 6.58. The van der Waals surface area contributed by atoms with E-state index in [1.165, 1.54) is 24.8 Å². The molecule has 1 aromatic rings. The summed E-state index contributed by atoms with van der Waals surface area (Å²) < 4.78 is 0.